The Morgan fingerprint density at radius 2 is 1.90 bits per heavy atom. The maximum atomic E-state index is 13.5. The lowest BCUT2D eigenvalue weighted by atomic mass is 9.48. The molecule has 5 fully saturated rings. The maximum Gasteiger partial charge on any atom is 0.309 e. The zero-order valence-corrected chi connectivity index (χ0v) is 24.7. The van der Waals surface area contributed by atoms with Crippen molar-refractivity contribution < 1.29 is 33.7 Å². The van der Waals surface area contributed by atoms with E-state index in [0.29, 0.717) is 37.5 Å². The number of rotatable bonds is 6. The molecule has 4 saturated carbocycles. The van der Waals surface area contributed by atoms with Crippen molar-refractivity contribution in [2.24, 2.45) is 58.7 Å². The third-order valence-corrected chi connectivity index (χ3v) is 12.8. The summed E-state index contributed by atoms with van der Waals surface area (Å²) in [7, 11) is 1.42. The highest BCUT2D eigenvalue weighted by Gasteiger charge is 2.64. The van der Waals surface area contributed by atoms with Crippen LogP contribution in [0, 0.1) is 58.7 Å². The molecule has 0 aromatic heterocycles. The van der Waals surface area contributed by atoms with Gasteiger partial charge in [0.1, 0.15) is 11.7 Å². The first kappa shape index (κ1) is 28.2. The van der Waals surface area contributed by atoms with E-state index in [1.54, 1.807) is 0 Å². The highest BCUT2D eigenvalue weighted by molar-refractivity contribution is 5.74. The molecule has 7 heteroatoms. The molecule has 13 unspecified atom stereocenters. The van der Waals surface area contributed by atoms with E-state index in [0.717, 1.165) is 44.9 Å². The predicted molar refractivity (Wildman–Crippen MR) is 148 cm³/mol. The SMILES string of the molecule is COC(=O)CCC(C)C1CCC2C3C(O)CC4CC(OC(=O)C5CC6C=CC5C6)CCC4(C)C3CC(=O)OC12C. The fourth-order valence-electron chi connectivity index (χ4n) is 10.6. The first-order chi connectivity index (χ1) is 19.0. The zero-order chi connectivity index (χ0) is 28.4. The van der Waals surface area contributed by atoms with Crippen molar-refractivity contribution in [3.8, 4) is 0 Å². The number of esters is 3. The topological polar surface area (TPSA) is 99.1 Å². The van der Waals surface area contributed by atoms with Crippen LogP contribution in [0.25, 0.3) is 0 Å². The lowest BCUT2D eigenvalue weighted by molar-refractivity contribution is -0.174. The number of fused-ring (bicyclic) bond motifs is 7. The number of aliphatic hydroxyl groups excluding tert-OH is 1. The van der Waals surface area contributed by atoms with Gasteiger partial charge in [-0.15, -0.1) is 0 Å². The van der Waals surface area contributed by atoms with Crippen LogP contribution in [0.3, 0.4) is 0 Å². The van der Waals surface area contributed by atoms with Gasteiger partial charge in [0.2, 0.25) is 0 Å². The van der Waals surface area contributed by atoms with Crippen LogP contribution in [0.4, 0.5) is 0 Å². The van der Waals surface area contributed by atoms with Gasteiger partial charge in [-0.25, -0.2) is 0 Å². The number of carbonyl (C=O) groups is 3. The van der Waals surface area contributed by atoms with Gasteiger partial charge in [-0.3, -0.25) is 14.4 Å². The molecule has 0 spiro atoms. The lowest BCUT2D eigenvalue weighted by Gasteiger charge is -2.57. The smallest absolute Gasteiger partial charge is 0.309 e. The first-order valence-corrected chi connectivity index (χ1v) is 15.9. The second-order valence-electron chi connectivity index (χ2n) is 14.7. The summed E-state index contributed by atoms with van der Waals surface area (Å²) >= 11 is 0. The second-order valence-corrected chi connectivity index (χ2v) is 14.7. The molecule has 6 rings (SSSR count). The molecule has 0 amide bonds. The van der Waals surface area contributed by atoms with Crippen LogP contribution < -0.4 is 0 Å². The van der Waals surface area contributed by atoms with Crippen LogP contribution in [0.5, 0.6) is 0 Å². The summed E-state index contributed by atoms with van der Waals surface area (Å²) in [5, 5.41) is 11.7. The van der Waals surface area contributed by atoms with Crippen molar-refractivity contribution in [2.75, 3.05) is 7.11 Å². The van der Waals surface area contributed by atoms with Crippen LogP contribution in [-0.4, -0.2) is 47.9 Å². The van der Waals surface area contributed by atoms with Gasteiger partial charge in [0.15, 0.2) is 0 Å². The maximum absolute atomic E-state index is 13.5. The number of methoxy groups -OCH3 is 1. The Labute approximate surface area is 238 Å². The van der Waals surface area contributed by atoms with Crippen LogP contribution >= 0.6 is 0 Å². The summed E-state index contributed by atoms with van der Waals surface area (Å²) in [5.74, 6) is 1.22. The quantitative estimate of drug-likeness (QED) is 0.272. The summed E-state index contributed by atoms with van der Waals surface area (Å²) < 4.78 is 17.4. The average molecular weight is 557 g/mol. The predicted octanol–water partition coefficient (Wildman–Crippen LogP) is 5.23. The molecule has 7 nitrogen and oxygen atoms in total. The van der Waals surface area contributed by atoms with Crippen LogP contribution in [0.15, 0.2) is 12.2 Å². The van der Waals surface area contributed by atoms with E-state index < -0.39 is 11.7 Å². The van der Waals surface area contributed by atoms with E-state index in [-0.39, 0.29) is 70.9 Å². The number of ether oxygens (including phenoxy) is 3. The molecular formula is C33H48O7. The summed E-state index contributed by atoms with van der Waals surface area (Å²) in [5.41, 5.74) is -0.737. The summed E-state index contributed by atoms with van der Waals surface area (Å²) in [6, 6.07) is 0. The van der Waals surface area contributed by atoms with Crippen molar-refractivity contribution in [1.82, 2.24) is 0 Å². The van der Waals surface area contributed by atoms with Crippen LogP contribution in [-0.2, 0) is 28.6 Å². The van der Waals surface area contributed by atoms with Crippen LogP contribution in [0.1, 0.15) is 91.4 Å². The molecule has 5 aliphatic carbocycles. The molecule has 1 saturated heterocycles. The summed E-state index contributed by atoms with van der Waals surface area (Å²) in [6.07, 6.45) is 12.3. The molecule has 1 heterocycles. The van der Waals surface area contributed by atoms with E-state index in [1.807, 2.05) is 0 Å². The van der Waals surface area contributed by atoms with Crippen molar-refractivity contribution in [3.63, 3.8) is 0 Å². The fraction of sp³-hybridized carbons (Fsp3) is 0.848. The van der Waals surface area contributed by atoms with Gasteiger partial charge in [0.05, 0.1) is 19.1 Å². The minimum Gasteiger partial charge on any atom is -0.469 e. The first-order valence-electron chi connectivity index (χ1n) is 15.9. The zero-order valence-electron chi connectivity index (χ0n) is 24.7. The monoisotopic (exact) mass is 556 g/mol. The standard InChI is InChI=1S/C33H48O7/c1-18(5-10-28(35)38-4)24-8-9-25-30-26(17-29(36)40-33(24,25)3)32(2)12-11-22(15-21(32)16-27(30)34)39-31(37)23-14-19-6-7-20(23)13-19/h6-7,18-27,30,34H,5,8-17H2,1-4H3. The Morgan fingerprint density at radius 1 is 1.10 bits per heavy atom. The van der Waals surface area contributed by atoms with E-state index in [9.17, 15) is 19.5 Å². The highest BCUT2D eigenvalue weighted by Crippen LogP contribution is 2.64. The van der Waals surface area contributed by atoms with Crippen molar-refractivity contribution in [1.29, 1.82) is 0 Å². The van der Waals surface area contributed by atoms with Gasteiger partial charge >= 0.3 is 17.9 Å². The van der Waals surface area contributed by atoms with Crippen LogP contribution in [0.2, 0.25) is 0 Å². The number of aliphatic hydroxyl groups is 1. The Balaban J connectivity index is 1.17. The number of carbonyl (C=O) groups excluding carboxylic acids is 3. The van der Waals surface area contributed by atoms with E-state index in [1.165, 1.54) is 7.11 Å². The Kier molecular flexibility index (Phi) is 7.36. The Morgan fingerprint density at radius 3 is 2.60 bits per heavy atom. The Hall–Kier alpha value is -1.89. The molecule has 2 bridgehead atoms. The number of hydrogen-bond acceptors (Lipinski definition) is 7. The highest BCUT2D eigenvalue weighted by atomic mass is 16.6. The minimum atomic E-state index is -0.641. The normalized spacial score (nSPS) is 47.9. The van der Waals surface area contributed by atoms with Gasteiger partial charge in [0, 0.05) is 24.7 Å². The summed E-state index contributed by atoms with van der Waals surface area (Å²) in [6.45, 7) is 6.57. The van der Waals surface area contributed by atoms with Gasteiger partial charge in [-0.1, -0.05) is 26.0 Å². The fourth-order valence-corrected chi connectivity index (χ4v) is 10.6. The van der Waals surface area contributed by atoms with Gasteiger partial charge in [-0.05, 0) is 106 Å². The van der Waals surface area contributed by atoms with E-state index in [4.69, 9.17) is 14.2 Å². The van der Waals surface area contributed by atoms with Gasteiger partial charge < -0.3 is 19.3 Å². The van der Waals surface area contributed by atoms with Gasteiger partial charge in [0.25, 0.3) is 0 Å². The average Bonchev–Trinajstić information content (AvgIpc) is 3.61. The molecular weight excluding hydrogens is 508 g/mol. The lowest BCUT2D eigenvalue weighted by Crippen LogP contribution is -2.56. The largest absolute Gasteiger partial charge is 0.469 e. The molecule has 0 aromatic rings. The second kappa shape index (κ2) is 10.4. The molecule has 6 aliphatic rings. The van der Waals surface area contributed by atoms with Crippen molar-refractivity contribution in [3.05, 3.63) is 12.2 Å². The molecule has 40 heavy (non-hydrogen) atoms. The Bertz CT molecular complexity index is 1050. The van der Waals surface area contributed by atoms with Crippen molar-refractivity contribution in [2.45, 2.75) is 109 Å². The number of allylic oxidation sites excluding steroid dienone is 2. The van der Waals surface area contributed by atoms with Gasteiger partial charge in [-0.2, -0.15) is 0 Å². The van der Waals surface area contributed by atoms with E-state index >= 15 is 0 Å². The minimum absolute atomic E-state index is 0.00395. The molecule has 0 radical (unpaired) electrons. The molecule has 0 aromatic carbocycles. The third-order valence-electron chi connectivity index (χ3n) is 12.8. The van der Waals surface area contributed by atoms with E-state index in [2.05, 4.69) is 32.9 Å². The molecule has 1 aliphatic heterocycles. The summed E-state index contributed by atoms with van der Waals surface area (Å²) in [4.78, 5) is 38.3. The third kappa shape index (κ3) is 4.62. The molecule has 222 valence electrons. The number of hydrogen-bond donors (Lipinski definition) is 1. The molecule has 13 atom stereocenters. The molecule has 1 N–H and O–H groups in total. The van der Waals surface area contributed by atoms with Crippen molar-refractivity contribution >= 4 is 17.9 Å².